The van der Waals surface area contributed by atoms with Crippen molar-refractivity contribution in [3.63, 3.8) is 0 Å². The number of hydrogen-bond donors (Lipinski definition) is 1. The molecule has 3 rings (SSSR count). The summed E-state index contributed by atoms with van der Waals surface area (Å²) in [6.07, 6.45) is 5.01. The molecule has 0 spiro atoms. The summed E-state index contributed by atoms with van der Waals surface area (Å²) in [5.41, 5.74) is 1.28. The van der Waals surface area contributed by atoms with Gasteiger partial charge in [0.25, 0.3) is 0 Å². The zero-order chi connectivity index (χ0) is 18.8. The van der Waals surface area contributed by atoms with E-state index in [2.05, 4.69) is 31.2 Å². The first-order valence-corrected chi connectivity index (χ1v) is 9.39. The second-order valence-electron chi connectivity index (χ2n) is 8.56. The first-order valence-electron chi connectivity index (χ1n) is 9.39. The normalized spacial score (nSPS) is 29.0. The molecule has 0 radical (unpaired) electrons. The Labute approximate surface area is 155 Å². The summed E-state index contributed by atoms with van der Waals surface area (Å²) in [4.78, 5) is 28.8. The lowest BCUT2D eigenvalue weighted by atomic mass is 9.68. The number of oxime groups is 1. The summed E-state index contributed by atoms with van der Waals surface area (Å²) in [5.74, 6) is 0.481. The molecule has 2 aliphatic carbocycles. The van der Waals surface area contributed by atoms with Gasteiger partial charge in [-0.05, 0) is 48.0 Å². The highest BCUT2D eigenvalue weighted by Crippen LogP contribution is 2.62. The van der Waals surface area contributed by atoms with E-state index in [1.807, 2.05) is 30.3 Å². The van der Waals surface area contributed by atoms with Crippen molar-refractivity contribution in [2.45, 2.75) is 58.9 Å². The molecule has 0 heterocycles. The summed E-state index contributed by atoms with van der Waals surface area (Å²) >= 11 is 0. The molecule has 3 unspecified atom stereocenters. The highest BCUT2D eigenvalue weighted by atomic mass is 16.7. The number of carbonyl (C=O) groups is 2. The SMILES string of the molecule is CC12CCC(C1)C(C)(C)C2NC(=O)ON=CC(=O)CCc1ccccc1. The number of carbonyl (C=O) groups excluding carboxylic acids is 2. The maximum Gasteiger partial charge on any atom is 0.433 e. The van der Waals surface area contributed by atoms with Crippen molar-refractivity contribution in [2.75, 3.05) is 0 Å². The molecule has 2 bridgehead atoms. The monoisotopic (exact) mass is 356 g/mol. The van der Waals surface area contributed by atoms with Crippen LogP contribution in [-0.4, -0.2) is 24.1 Å². The lowest BCUT2D eigenvalue weighted by molar-refractivity contribution is -0.112. The van der Waals surface area contributed by atoms with Crippen molar-refractivity contribution < 1.29 is 14.4 Å². The third-order valence-corrected chi connectivity index (χ3v) is 6.37. The fourth-order valence-corrected chi connectivity index (χ4v) is 4.92. The van der Waals surface area contributed by atoms with E-state index < -0.39 is 6.09 Å². The van der Waals surface area contributed by atoms with Crippen molar-refractivity contribution in [2.24, 2.45) is 21.9 Å². The van der Waals surface area contributed by atoms with Crippen molar-refractivity contribution in [3.05, 3.63) is 35.9 Å². The second kappa shape index (κ2) is 7.22. The van der Waals surface area contributed by atoms with Crippen LogP contribution in [0.3, 0.4) is 0 Å². The summed E-state index contributed by atoms with van der Waals surface area (Å²) in [6, 6.07) is 9.86. The predicted octanol–water partition coefficient (Wildman–Crippen LogP) is 4.12. The van der Waals surface area contributed by atoms with E-state index in [0.717, 1.165) is 24.6 Å². The van der Waals surface area contributed by atoms with Gasteiger partial charge in [-0.3, -0.25) is 9.63 Å². The van der Waals surface area contributed by atoms with Crippen LogP contribution in [0.1, 0.15) is 52.0 Å². The highest BCUT2D eigenvalue weighted by molar-refractivity contribution is 6.27. The van der Waals surface area contributed by atoms with Gasteiger partial charge in [-0.15, -0.1) is 0 Å². The van der Waals surface area contributed by atoms with Gasteiger partial charge in [0.1, 0.15) is 6.21 Å². The molecule has 0 aromatic heterocycles. The van der Waals surface area contributed by atoms with Gasteiger partial charge in [0.05, 0.1) is 0 Å². The molecule has 2 fully saturated rings. The number of Topliss-reactive ketones (excluding diaryl/α,β-unsaturated/α-hetero) is 1. The Morgan fingerprint density at radius 1 is 1.27 bits per heavy atom. The fraction of sp³-hybridized carbons (Fsp3) is 0.571. The van der Waals surface area contributed by atoms with E-state index in [0.29, 0.717) is 18.8 Å². The lowest BCUT2D eigenvalue weighted by Crippen LogP contribution is -2.52. The van der Waals surface area contributed by atoms with E-state index >= 15 is 0 Å². The van der Waals surface area contributed by atoms with Gasteiger partial charge in [0, 0.05) is 12.5 Å². The number of ketones is 1. The third-order valence-electron chi connectivity index (χ3n) is 6.37. The predicted molar refractivity (Wildman–Crippen MR) is 101 cm³/mol. The average Bonchev–Trinajstić information content (AvgIpc) is 3.09. The van der Waals surface area contributed by atoms with Gasteiger partial charge in [-0.25, -0.2) is 4.79 Å². The Bertz CT molecular complexity index is 694. The van der Waals surface area contributed by atoms with Crippen LogP contribution in [0.2, 0.25) is 0 Å². The zero-order valence-corrected chi connectivity index (χ0v) is 15.8. The number of aryl methyl sites for hydroxylation is 1. The average molecular weight is 356 g/mol. The molecule has 26 heavy (non-hydrogen) atoms. The molecule has 0 aliphatic heterocycles. The van der Waals surface area contributed by atoms with Crippen LogP contribution in [0.15, 0.2) is 35.5 Å². The Hall–Kier alpha value is -2.17. The van der Waals surface area contributed by atoms with Crippen LogP contribution in [0.25, 0.3) is 0 Å². The zero-order valence-electron chi connectivity index (χ0n) is 15.8. The molecule has 140 valence electrons. The van der Waals surface area contributed by atoms with Crippen LogP contribution in [0.4, 0.5) is 4.79 Å². The second-order valence-corrected chi connectivity index (χ2v) is 8.56. The van der Waals surface area contributed by atoms with Gasteiger partial charge >= 0.3 is 6.09 Å². The van der Waals surface area contributed by atoms with Gasteiger partial charge < -0.3 is 5.32 Å². The maximum atomic E-state index is 12.1. The molecule has 1 aromatic rings. The summed E-state index contributed by atoms with van der Waals surface area (Å²) < 4.78 is 0. The largest absolute Gasteiger partial charge is 0.433 e. The van der Waals surface area contributed by atoms with Crippen LogP contribution in [0, 0.1) is 16.7 Å². The number of benzene rings is 1. The van der Waals surface area contributed by atoms with Gasteiger partial charge in [-0.2, -0.15) is 0 Å². The number of nitrogens with one attached hydrogen (secondary N) is 1. The van der Waals surface area contributed by atoms with Gasteiger partial charge in [0.2, 0.25) is 0 Å². The molecular formula is C21H28N2O3. The van der Waals surface area contributed by atoms with Crippen LogP contribution in [-0.2, 0) is 16.1 Å². The van der Waals surface area contributed by atoms with Crippen molar-refractivity contribution in [1.29, 1.82) is 0 Å². The number of nitrogens with zero attached hydrogens (tertiary/aromatic N) is 1. The first kappa shape index (κ1) is 18.6. The minimum absolute atomic E-state index is 0.0568. The lowest BCUT2D eigenvalue weighted by Gasteiger charge is -2.42. The Morgan fingerprint density at radius 3 is 2.65 bits per heavy atom. The molecule has 2 saturated carbocycles. The molecular weight excluding hydrogens is 328 g/mol. The van der Waals surface area contributed by atoms with Gasteiger partial charge in [-0.1, -0.05) is 56.3 Å². The van der Waals surface area contributed by atoms with E-state index in [9.17, 15) is 9.59 Å². The topological polar surface area (TPSA) is 67.8 Å². The molecule has 2 aliphatic rings. The number of amides is 1. The van der Waals surface area contributed by atoms with Crippen molar-refractivity contribution >= 4 is 18.1 Å². The minimum atomic E-state index is -0.580. The Balaban J connectivity index is 1.45. The molecule has 3 atom stereocenters. The Kier molecular flexibility index (Phi) is 5.17. The van der Waals surface area contributed by atoms with E-state index in [1.54, 1.807) is 0 Å². The van der Waals surface area contributed by atoms with Crippen LogP contribution in [0.5, 0.6) is 0 Å². The number of rotatable bonds is 6. The molecule has 1 aromatic carbocycles. The van der Waals surface area contributed by atoms with Crippen molar-refractivity contribution in [3.8, 4) is 0 Å². The number of fused-ring (bicyclic) bond motifs is 2. The third kappa shape index (κ3) is 3.81. The highest BCUT2D eigenvalue weighted by Gasteiger charge is 2.59. The molecule has 0 saturated heterocycles. The molecule has 5 nitrogen and oxygen atoms in total. The fourth-order valence-electron chi connectivity index (χ4n) is 4.92. The van der Waals surface area contributed by atoms with Crippen LogP contribution < -0.4 is 5.32 Å². The quantitative estimate of drug-likeness (QED) is 0.474. The Morgan fingerprint density at radius 2 is 2.00 bits per heavy atom. The van der Waals surface area contributed by atoms with E-state index in [1.165, 1.54) is 6.42 Å². The molecule has 1 amide bonds. The van der Waals surface area contributed by atoms with Crippen molar-refractivity contribution in [1.82, 2.24) is 5.32 Å². The summed E-state index contributed by atoms with van der Waals surface area (Å²) in [5, 5.41) is 6.56. The minimum Gasteiger partial charge on any atom is -0.316 e. The maximum absolute atomic E-state index is 12.1. The van der Waals surface area contributed by atoms with Gasteiger partial charge in [0.15, 0.2) is 5.78 Å². The first-order chi connectivity index (χ1) is 12.3. The smallest absolute Gasteiger partial charge is 0.316 e. The molecule has 1 N–H and O–H groups in total. The summed E-state index contributed by atoms with van der Waals surface area (Å²) in [6.45, 7) is 6.66. The standard InChI is InChI=1S/C21H28N2O3/c1-20(2)16-11-12-21(3,13-16)18(20)23-19(25)26-22-14-17(24)10-9-15-7-5-4-6-8-15/h4-8,14,16,18H,9-13H2,1-3H3,(H,23,25). The molecule has 5 heteroatoms. The van der Waals surface area contributed by atoms with E-state index in [4.69, 9.17) is 4.84 Å². The number of hydrogen-bond acceptors (Lipinski definition) is 4. The van der Waals surface area contributed by atoms with Crippen LogP contribution >= 0.6 is 0 Å². The van der Waals surface area contributed by atoms with E-state index in [-0.39, 0.29) is 22.7 Å². The summed E-state index contributed by atoms with van der Waals surface area (Å²) in [7, 11) is 0.